The third-order valence-corrected chi connectivity index (χ3v) is 2.43. The van der Waals surface area contributed by atoms with Crippen molar-refractivity contribution in [2.75, 3.05) is 13.1 Å². The van der Waals surface area contributed by atoms with Crippen LogP contribution >= 0.6 is 0 Å². The van der Waals surface area contributed by atoms with Crippen molar-refractivity contribution in [2.24, 2.45) is 5.92 Å². The van der Waals surface area contributed by atoms with Crippen molar-refractivity contribution in [3.8, 4) is 0 Å². The van der Waals surface area contributed by atoms with E-state index in [9.17, 15) is 0 Å². The van der Waals surface area contributed by atoms with Crippen LogP contribution in [0.2, 0.25) is 0 Å². The van der Waals surface area contributed by atoms with E-state index in [0.29, 0.717) is 0 Å². The molecule has 0 saturated heterocycles. The number of nitrogens with zero attached hydrogens (tertiary/aromatic N) is 1. The third kappa shape index (κ3) is 2.57. The Bertz CT molecular complexity index is 132. The Morgan fingerprint density at radius 3 is 2.27 bits per heavy atom. The van der Waals surface area contributed by atoms with Crippen LogP contribution in [0.5, 0.6) is 0 Å². The number of allylic oxidation sites excluding steroid dienone is 1. The van der Waals surface area contributed by atoms with Crippen molar-refractivity contribution in [1.82, 2.24) is 4.90 Å². The minimum absolute atomic E-state index is 0.975. The first-order valence-electron chi connectivity index (χ1n) is 4.70. The van der Waals surface area contributed by atoms with Gasteiger partial charge in [-0.2, -0.15) is 0 Å². The zero-order valence-corrected chi connectivity index (χ0v) is 7.77. The molecule has 0 unspecified atom stereocenters. The number of hydrogen-bond acceptors (Lipinski definition) is 1. The lowest BCUT2D eigenvalue weighted by Crippen LogP contribution is -2.21. The Labute approximate surface area is 70.1 Å². The van der Waals surface area contributed by atoms with Gasteiger partial charge in [-0.05, 0) is 39.0 Å². The largest absolute Gasteiger partial charge is 0.376 e. The van der Waals surface area contributed by atoms with Gasteiger partial charge in [0.15, 0.2) is 0 Å². The zero-order chi connectivity index (χ0) is 8.27. The topological polar surface area (TPSA) is 3.24 Å². The predicted molar refractivity (Wildman–Crippen MR) is 49.4 cm³/mol. The van der Waals surface area contributed by atoms with E-state index in [1.54, 1.807) is 0 Å². The van der Waals surface area contributed by atoms with Gasteiger partial charge in [-0.15, -0.1) is 0 Å². The van der Waals surface area contributed by atoms with Crippen LogP contribution in [0.4, 0.5) is 0 Å². The highest BCUT2D eigenvalue weighted by molar-refractivity contribution is 4.97. The highest BCUT2D eigenvalue weighted by Crippen LogP contribution is 2.35. The van der Waals surface area contributed by atoms with Crippen molar-refractivity contribution >= 4 is 0 Å². The van der Waals surface area contributed by atoms with Crippen LogP contribution in [0, 0.1) is 5.92 Å². The quantitative estimate of drug-likeness (QED) is 0.587. The number of rotatable bonds is 5. The molecule has 1 aliphatic carbocycles. The van der Waals surface area contributed by atoms with E-state index in [-0.39, 0.29) is 0 Å². The average molecular weight is 153 g/mol. The lowest BCUT2D eigenvalue weighted by Gasteiger charge is -2.23. The molecule has 1 nitrogen and oxygen atoms in total. The molecule has 0 amide bonds. The van der Waals surface area contributed by atoms with Crippen LogP contribution in [0.25, 0.3) is 0 Å². The standard InChI is InChI=1S/C10H19N/c1-4-11(5-2)9(3)8-10-6-7-10/h10H,3-8H2,1-2H3. The summed E-state index contributed by atoms with van der Waals surface area (Å²) < 4.78 is 0. The molecule has 0 heterocycles. The summed E-state index contributed by atoms with van der Waals surface area (Å²) in [7, 11) is 0. The highest BCUT2D eigenvalue weighted by atomic mass is 15.1. The van der Waals surface area contributed by atoms with Gasteiger partial charge in [0.1, 0.15) is 0 Å². The molecular formula is C10H19N. The first-order chi connectivity index (χ1) is 5.27. The van der Waals surface area contributed by atoms with Gasteiger partial charge >= 0.3 is 0 Å². The summed E-state index contributed by atoms with van der Waals surface area (Å²) in [6.45, 7) is 10.7. The third-order valence-electron chi connectivity index (χ3n) is 2.43. The van der Waals surface area contributed by atoms with Crippen molar-refractivity contribution < 1.29 is 0 Å². The molecule has 0 radical (unpaired) electrons. The van der Waals surface area contributed by atoms with Gasteiger partial charge in [-0.3, -0.25) is 0 Å². The molecular weight excluding hydrogens is 134 g/mol. The lowest BCUT2D eigenvalue weighted by molar-refractivity contribution is 0.364. The van der Waals surface area contributed by atoms with Crippen molar-refractivity contribution in [2.45, 2.75) is 33.1 Å². The van der Waals surface area contributed by atoms with Gasteiger partial charge in [0.25, 0.3) is 0 Å². The second-order valence-corrected chi connectivity index (χ2v) is 3.39. The zero-order valence-electron chi connectivity index (χ0n) is 7.77. The average Bonchev–Trinajstić information content (AvgIpc) is 2.74. The van der Waals surface area contributed by atoms with Gasteiger partial charge in [-0.25, -0.2) is 0 Å². The first kappa shape index (κ1) is 8.63. The van der Waals surface area contributed by atoms with Crippen LogP contribution in [-0.2, 0) is 0 Å². The van der Waals surface area contributed by atoms with E-state index in [0.717, 1.165) is 19.0 Å². The summed E-state index contributed by atoms with van der Waals surface area (Å²) in [5.74, 6) is 0.975. The van der Waals surface area contributed by atoms with E-state index in [4.69, 9.17) is 0 Å². The van der Waals surface area contributed by atoms with Gasteiger partial charge in [0.05, 0.1) is 0 Å². The molecule has 1 saturated carbocycles. The normalized spacial score (nSPS) is 16.5. The maximum absolute atomic E-state index is 4.10. The van der Waals surface area contributed by atoms with E-state index >= 15 is 0 Å². The van der Waals surface area contributed by atoms with Gasteiger partial charge in [0.2, 0.25) is 0 Å². The second kappa shape index (κ2) is 3.80. The summed E-state index contributed by atoms with van der Waals surface area (Å²) in [6, 6.07) is 0. The summed E-state index contributed by atoms with van der Waals surface area (Å²) in [4.78, 5) is 2.36. The molecule has 64 valence electrons. The molecule has 0 atom stereocenters. The van der Waals surface area contributed by atoms with E-state index in [2.05, 4.69) is 25.3 Å². The maximum atomic E-state index is 4.10. The molecule has 1 fully saturated rings. The van der Waals surface area contributed by atoms with Crippen LogP contribution in [0.3, 0.4) is 0 Å². The maximum Gasteiger partial charge on any atom is 0.0146 e. The molecule has 0 aromatic rings. The monoisotopic (exact) mass is 153 g/mol. The number of hydrogen-bond donors (Lipinski definition) is 0. The molecule has 0 spiro atoms. The molecule has 1 aliphatic rings. The molecule has 0 aromatic carbocycles. The van der Waals surface area contributed by atoms with Crippen LogP contribution in [0.1, 0.15) is 33.1 Å². The molecule has 1 heteroatoms. The Morgan fingerprint density at radius 2 is 1.91 bits per heavy atom. The lowest BCUT2D eigenvalue weighted by atomic mass is 10.2. The molecule has 1 rings (SSSR count). The minimum Gasteiger partial charge on any atom is -0.376 e. The summed E-state index contributed by atoms with van der Waals surface area (Å²) in [5, 5.41) is 0. The van der Waals surface area contributed by atoms with Crippen LogP contribution in [-0.4, -0.2) is 18.0 Å². The molecule has 0 bridgehead atoms. The minimum atomic E-state index is 0.975. The summed E-state index contributed by atoms with van der Waals surface area (Å²) >= 11 is 0. The Kier molecular flexibility index (Phi) is 2.98. The fourth-order valence-corrected chi connectivity index (χ4v) is 1.46. The van der Waals surface area contributed by atoms with E-state index in [1.807, 2.05) is 0 Å². The SMILES string of the molecule is C=C(CC1CC1)N(CC)CC. The summed E-state index contributed by atoms with van der Waals surface area (Å²) in [6.07, 6.45) is 4.10. The fourth-order valence-electron chi connectivity index (χ4n) is 1.46. The van der Waals surface area contributed by atoms with E-state index < -0.39 is 0 Å². The summed E-state index contributed by atoms with van der Waals surface area (Å²) in [5.41, 5.74) is 1.34. The van der Waals surface area contributed by atoms with Crippen molar-refractivity contribution in [3.05, 3.63) is 12.3 Å². The first-order valence-corrected chi connectivity index (χ1v) is 4.70. The smallest absolute Gasteiger partial charge is 0.0146 e. The van der Waals surface area contributed by atoms with Gasteiger partial charge in [0, 0.05) is 18.8 Å². The fraction of sp³-hybridized carbons (Fsp3) is 0.800. The van der Waals surface area contributed by atoms with E-state index in [1.165, 1.54) is 25.0 Å². The molecule has 0 N–H and O–H groups in total. The predicted octanol–water partition coefficient (Wildman–Crippen LogP) is 2.64. The molecule has 0 aliphatic heterocycles. The Morgan fingerprint density at radius 1 is 1.36 bits per heavy atom. The molecule has 11 heavy (non-hydrogen) atoms. The Hall–Kier alpha value is -0.460. The van der Waals surface area contributed by atoms with Crippen LogP contribution in [0.15, 0.2) is 12.3 Å². The Balaban J connectivity index is 2.24. The van der Waals surface area contributed by atoms with Crippen molar-refractivity contribution in [1.29, 1.82) is 0 Å². The van der Waals surface area contributed by atoms with Gasteiger partial charge < -0.3 is 4.90 Å². The highest BCUT2D eigenvalue weighted by Gasteiger charge is 2.22. The molecule has 0 aromatic heterocycles. The van der Waals surface area contributed by atoms with Crippen LogP contribution < -0.4 is 0 Å². The second-order valence-electron chi connectivity index (χ2n) is 3.39. The van der Waals surface area contributed by atoms with Gasteiger partial charge in [-0.1, -0.05) is 6.58 Å². The van der Waals surface area contributed by atoms with Crippen molar-refractivity contribution in [3.63, 3.8) is 0 Å².